The number of ether oxygens (including phenoxy) is 1. The predicted octanol–water partition coefficient (Wildman–Crippen LogP) is 6.68. The molecular weight excluding hydrogens is 607 g/mol. The number of amides is 1. The molecule has 0 saturated heterocycles. The Balaban J connectivity index is 1.25. The fourth-order valence-electron chi connectivity index (χ4n) is 10.9. The Hall–Kier alpha value is -1.85. The largest absolute Gasteiger partial charge is 0.573 e. The quantitative estimate of drug-likeness (QED) is 0.288. The fraction of sp³-hybridized carbons (Fsp3) is 0.794. The Bertz CT molecular complexity index is 1340. The number of aliphatic hydroxyl groups is 2. The lowest BCUT2D eigenvalue weighted by Crippen LogP contribution is -2.62. The predicted molar refractivity (Wildman–Crippen MR) is 163 cm³/mol. The number of hydrogen-bond donors (Lipinski definition) is 3. The molecule has 3 N–H and O–H groups in total. The molecule has 4 aliphatic carbocycles. The molecule has 4 aliphatic rings. The summed E-state index contributed by atoms with van der Waals surface area (Å²) in [5, 5.41) is 22.5. The summed E-state index contributed by atoms with van der Waals surface area (Å²) >= 11 is 0. The molecule has 1 amide bonds. The molecule has 7 nitrogen and oxygen atoms in total. The molecule has 0 heterocycles. The molecule has 4 saturated carbocycles. The Labute approximate surface area is 265 Å². The van der Waals surface area contributed by atoms with E-state index in [9.17, 15) is 36.6 Å². The van der Waals surface area contributed by atoms with Crippen molar-refractivity contribution in [2.75, 3.05) is 0 Å². The maximum absolute atomic E-state index is 13.1. The molecule has 0 radical (unpaired) electrons. The summed E-state index contributed by atoms with van der Waals surface area (Å²) in [6.45, 7) is 10.8. The number of carbonyl (C=O) groups is 1. The van der Waals surface area contributed by atoms with Crippen molar-refractivity contribution in [1.82, 2.24) is 4.72 Å². The first-order chi connectivity index (χ1) is 20.9. The molecule has 0 aromatic heterocycles. The van der Waals surface area contributed by atoms with Crippen LogP contribution in [0.15, 0.2) is 29.2 Å². The smallest absolute Gasteiger partial charge is 0.406 e. The van der Waals surface area contributed by atoms with Gasteiger partial charge in [-0.3, -0.25) is 4.79 Å². The number of benzene rings is 1. The SMILES string of the molecule is CC[C@H]1C(O)C2[C@H](CCC3(C)[C@@H]([C@H](C)C[C@@H](C)C(=O)NS(=O)(=O)c4ccc(OC(F)(F)F)cc4)CC[C@@H]23)C2(C)CC[C@@H](O)CC12. The molecule has 0 bridgehead atoms. The van der Waals surface area contributed by atoms with Crippen LogP contribution in [0.1, 0.15) is 92.4 Å². The highest BCUT2D eigenvalue weighted by Gasteiger charge is 2.65. The number of sulfonamides is 1. The van der Waals surface area contributed by atoms with Crippen LogP contribution >= 0.6 is 0 Å². The van der Waals surface area contributed by atoms with Gasteiger partial charge in [0.05, 0.1) is 17.1 Å². The van der Waals surface area contributed by atoms with Crippen LogP contribution in [0.2, 0.25) is 0 Å². The number of hydrogen-bond acceptors (Lipinski definition) is 6. The molecule has 0 aliphatic heterocycles. The minimum atomic E-state index is -4.90. The van der Waals surface area contributed by atoms with Gasteiger partial charge >= 0.3 is 6.36 Å². The van der Waals surface area contributed by atoms with Gasteiger partial charge in [-0.2, -0.15) is 0 Å². The Morgan fingerprint density at radius 2 is 1.62 bits per heavy atom. The minimum Gasteiger partial charge on any atom is -0.406 e. The summed E-state index contributed by atoms with van der Waals surface area (Å²) in [4.78, 5) is 12.8. The molecule has 4 fully saturated rings. The number of carbonyl (C=O) groups excluding carboxylic acids is 1. The van der Waals surface area contributed by atoms with Gasteiger partial charge in [0.15, 0.2) is 0 Å². The molecular formula is C34H50F3NO6S. The van der Waals surface area contributed by atoms with Crippen LogP contribution in [-0.4, -0.2) is 43.1 Å². The second-order valence-electron chi connectivity index (χ2n) is 15.2. The van der Waals surface area contributed by atoms with Crippen molar-refractivity contribution < 1.29 is 41.3 Å². The molecule has 0 spiro atoms. The number of fused-ring (bicyclic) bond motifs is 5. The number of nitrogens with one attached hydrogen (secondary N) is 1. The number of alkyl halides is 3. The summed E-state index contributed by atoms with van der Waals surface area (Å²) in [6.07, 6.45) is 2.62. The zero-order valence-electron chi connectivity index (χ0n) is 27.0. The molecule has 45 heavy (non-hydrogen) atoms. The molecule has 12 atom stereocenters. The summed E-state index contributed by atoms with van der Waals surface area (Å²) < 4.78 is 69.0. The van der Waals surface area contributed by atoms with Crippen molar-refractivity contribution in [3.05, 3.63) is 24.3 Å². The maximum Gasteiger partial charge on any atom is 0.573 e. The average Bonchev–Trinajstić information content (AvgIpc) is 3.30. The van der Waals surface area contributed by atoms with Crippen LogP contribution in [0.3, 0.4) is 0 Å². The average molecular weight is 658 g/mol. The second kappa shape index (κ2) is 12.3. The first-order valence-electron chi connectivity index (χ1n) is 16.7. The van der Waals surface area contributed by atoms with Crippen molar-refractivity contribution in [3.8, 4) is 5.75 Å². The molecule has 11 heteroatoms. The number of aliphatic hydroxyl groups excluding tert-OH is 2. The minimum absolute atomic E-state index is 0.0136. The summed E-state index contributed by atoms with van der Waals surface area (Å²) in [5.74, 6) is 0.250. The van der Waals surface area contributed by atoms with Crippen LogP contribution in [0.4, 0.5) is 13.2 Å². The lowest BCUT2D eigenvalue weighted by Gasteiger charge is -2.64. The topological polar surface area (TPSA) is 113 Å². The van der Waals surface area contributed by atoms with Crippen LogP contribution < -0.4 is 9.46 Å². The third-order valence-corrected chi connectivity index (χ3v) is 14.3. The monoisotopic (exact) mass is 657 g/mol. The molecule has 5 rings (SSSR count). The summed E-state index contributed by atoms with van der Waals surface area (Å²) in [5.41, 5.74) is 0.137. The zero-order chi connectivity index (χ0) is 33.1. The first kappa shape index (κ1) is 34.5. The maximum atomic E-state index is 13.1. The van der Waals surface area contributed by atoms with Gasteiger partial charge in [0, 0.05) is 5.92 Å². The highest BCUT2D eigenvalue weighted by Crippen LogP contribution is 2.69. The lowest BCUT2D eigenvalue weighted by atomic mass is 9.41. The fourth-order valence-corrected chi connectivity index (χ4v) is 12.0. The van der Waals surface area contributed by atoms with Crippen LogP contribution in [-0.2, 0) is 14.8 Å². The standard InChI is InChI=1S/C34H50F3NO6S/c1-6-24-28-18-21(39)13-15-33(28,5)27-14-16-32(4)25(11-12-26(32)29(27)30(24)40)19(2)17-20(3)31(41)38-45(42,43)23-9-7-22(8-10-23)44-34(35,36)37/h7-10,19-21,24-30,39-40H,6,11-18H2,1-5H3,(H,38,41)/t19-,20-,21-,24-,25-,26+,27+,28?,29?,30?,32?,33?/m1/s1. The van der Waals surface area contributed by atoms with Crippen LogP contribution in [0, 0.1) is 58.2 Å². The van der Waals surface area contributed by atoms with E-state index in [1.165, 1.54) is 0 Å². The van der Waals surface area contributed by atoms with E-state index in [-0.39, 0.29) is 45.7 Å². The van der Waals surface area contributed by atoms with Crippen LogP contribution in [0.25, 0.3) is 0 Å². The van der Waals surface area contributed by atoms with Gasteiger partial charge in [-0.15, -0.1) is 13.2 Å². The van der Waals surface area contributed by atoms with Crippen LogP contribution in [0.5, 0.6) is 5.75 Å². The molecule has 1 aromatic rings. The van der Waals surface area contributed by atoms with E-state index >= 15 is 0 Å². The number of halogens is 3. The first-order valence-corrected chi connectivity index (χ1v) is 18.2. The highest BCUT2D eigenvalue weighted by atomic mass is 32.2. The van der Waals surface area contributed by atoms with Crippen molar-refractivity contribution in [3.63, 3.8) is 0 Å². The van der Waals surface area contributed by atoms with E-state index < -0.39 is 34.0 Å². The zero-order valence-corrected chi connectivity index (χ0v) is 27.8. The van der Waals surface area contributed by atoms with E-state index in [0.29, 0.717) is 30.1 Å². The van der Waals surface area contributed by atoms with Gasteiger partial charge in [-0.25, -0.2) is 13.1 Å². The van der Waals surface area contributed by atoms with Crippen molar-refractivity contribution in [1.29, 1.82) is 0 Å². The van der Waals surface area contributed by atoms with E-state index in [2.05, 4.69) is 37.2 Å². The van der Waals surface area contributed by atoms with Gasteiger partial charge in [0.25, 0.3) is 10.0 Å². The Morgan fingerprint density at radius 3 is 2.24 bits per heavy atom. The Morgan fingerprint density at radius 1 is 1.00 bits per heavy atom. The van der Waals surface area contributed by atoms with Gasteiger partial charge in [0.2, 0.25) is 5.91 Å². The number of rotatable bonds is 8. The third-order valence-electron chi connectivity index (χ3n) is 12.9. The second-order valence-corrected chi connectivity index (χ2v) is 16.9. The summed E-state index contributed by atoms with van der Waals surface area (Å²) in [7, 11) is -4.28. The van der Waals surface area contributed by atoms with Gasteiger partial charge in [0.1, 0.15) is 5.75 Å². The van der Waals surface area contributed by atoms with Gasteiger partial charge in [-0.05, 0) is 128 Å². The van der Waals surface area contributed by atoms with Crippen molar-refractivity contribution in [2.24, 2.45) is 58.2 Å². The van der Waals surface area contributed by atoms with E-state index in [1.54, 1.807) is 6.92 Å². The van der Waals surface area contributed by atoms with E-state index in [4.69, 9.17) is 0 Å². The van der Waals surface area contributed by atoms with E-state index in [1.807, 2.05) is 0 Å². The van der Waals surface area contributed by atoms with Crippen molar-refractivity contribution in [2.45, 2.75) is 116 Å². The third kappa shape index (κ3) is 6.39. The normalized spacial score (nSPS) is 39.6. The van der Waals surface area contributed by atoms with Gasteiger partial charge in [-0.1, -0.05) is 41.0 Å². The Kier molecular flexibility index (Phi) is 9.43. The van der Waals surface area contributed by atoms with E-state index in [0.717, 1.165) is 75.6 Å². The van der Waals surface area contributed by atoms with Gasteiger partial charge < -0.3 is 14.9 Å². The molecule has 5 unspecified atom stereocenters. The summed E-state index contributed by atoms with van der Waals surface area (Å²) in [6, 6.07) is 3.74. The molecule has 254 valence electrons. The lowest BCUT2D eigenvalue weighted by molar-refractivity contribution is -0.274. The highest BCUT2D eigenvalue weighted by molar-refractivity contribution is 7.90. The van der Waals surface area contributed by atoms with Crippen molar-refractivity contribution >= 4 is 15.9 Å². The molecule has 1 aromatic carbocycles.